The Bertz CT molecular complexity index is 1480. The minimum Gasteiger partial charge on any atom is -0.355 e. The fourth-order valence-electron chi connectivity index (χ4n) is 3.49. The predicted octanol–water partition coefficient (Wildman–Crippen LogP) is 4.04. The third-order valence-corrected chi connectivity index (χ3v) is 5.23. The van der Waals surface area contributed by atoms with E-state index in [9.17, 15) is 4.79 Å². The molecule has 2 N–H and O–H groups in total. The molecule has 3 aromatic heterocycles. The Morgan fingerprint density at radius 2 is 1.94 bits per heavy atom. The fraction of sp³-hybridized carbons (Fsp3) is 0.0455. The average Bonchev–Trinajstić information content (AvgIpc) is 3.27. The number of nitrogens with one attached hydrogen (secondary N) is 2. The highest BCUT2D eigenvalue weighted by Gasteiger charge is 2.21. The standard InChI is InChI=1S/C22H16ClN7O/c1-2-15(28-20-18-19(25-11-24-18)26-12-27-20)21-29-16-10-6-9-14(23)17(16)22(31)30(21)13-7-4-3-5-8-13/h2-12,15H,1H2,(H2,24,25,26,27,28). The van der Waals surface area contributed by atoms with Gasteiger partial charge in [0.1, 0.15) is 23.7 Å². The highest BCUT2D eigenvalue weighted by atomic mass is 35.5. The minimum absolute atomic E-state index is 0.264. The van der Waals surface area contributed by atoms with E-state index in [-0.39, 0.29) is 5.56 Å². The minimum atomic E-state index is -0.544. The van der Waals surface area contributed by atoms with Crippen molar-refractivity contribution in [1.29, 1.82) is 0 Å². The number of aromatic nitrogens is 6. The third kappa shape index (κ3) is 3.23. The van der Waals surface area contributed by atoms with Crippen LogP contribution in [0.1, 0.15) is 11.9 Å². The monoisotopic (exact) mass is 429 g/mol. The normalized spacial score (nSPS) is 12.2. The van der Waals surface area contributed by atoms with Crippen LogP contribution in [0.15, 0.2) is 78.6 Å². The van der Waals surface area contributed by atoms with Gasteiger partial charge in [0.2, 0.25) is 0 Å². The van der Waals surface area contributed by atoms with Crippen LogP contribution in [0.2, 0.25) is 5.02 Å². The Hall–Kier alpha value is -4.04. The van der Waals surface area contributed by atoms with Crippen LogP contribution in [0.3, 0.4) is 0 Å². The fourth-order valence-corrected chi connectivity index (χ4v) is 3.74. The van der Waals surface area contributed by atoms with Gasteiger partial charge < -0.3 is 10.3 Å². The van der Waals surface area contributed by atoms with Gasteiger partial charge in [0, 0.05) is 0 Å². The lowest BCUT2D eigenvalue weighted by Gasteiger charge is -2.21. The van der Waals surface area contributed by atoms with Gasteiger partial charge in [-0.1, -0.05) is 41.9 Å². The number of fused-ring (bicyclic) bond motifs is 2. The number of aromatic amines is 1. The number of nitrogens with zero attached hydrogens (tertiary/aromatic N) is 5. The van der Waals surface area contributed by atoms with E-state index in [0.717, 1.165) is 0 Å². The van der Waals surface area contributed by atoms with Gasteiger partial charge in [0.25, 0.3) is 5.56 Å². The van der Waals surface area contributed by atoms with Crippen LogP contribution in [0.25, 0.3) is 27.8 Å². The van der Waals surface area contributed by atoms with E-state index in [0.29, 0.717) is 44.4 Å². The van der Waals surface area contributed by atoms with Crippen LogP contribution in [0.4, 0.5) is 5.82 Å². The SMILES string of the molecule is C=CC(Nc1ncnc2nc[nH]c12)c1nc2cccc(Cl)c2c(=O)n1-c1ccccc1. The lowest BCUT2D eigenvalue weighted by Crippen LogP contribution is -2.28. The molecule has 0 radical (unpaired) electrons. The van der Waals surface area contributed by atoms with Gasteiger partial charge in [-0.3, -0.25) is 9.36 Å². The molecule has 9 heteroatoms. The first-order valence-corrected chi connectivity index (χ1v) is 9.85. The van der Waals surface area contributed by atoms with Crippen molar-refractivity contribution in [2.75, 3.05) is 5.32 Å². The third-order valence-electron chi connectivity index (χ3n) is 4.92. The van der Waals surface area contributed by atoms with Crippen molar-refractivity contribution in [3.63, 3.8) is 0 Å². The molecule has 5 aromatic rings. The molecule has 5 rings (SSSR count). The van der Waals surface area contributed by atoms with E-state index < -0.39 is 6.04 Å². The topological polar surface area (TPSA) is 101 Å². The summed E-state index contributed by atoms with van der Waals surface area (Å²) in [7, 11) is 0. The lowest BCUT2D eigenvalue weighted by molar-refractivity contribution is 0.779. The summed E-state index contributed by atoms with van der Waals surface area (Å²) < 4.78 is 1.54. The summed E-state index contributed by atoms with van der Waals surface area (Å²) in [5, 5.41) is 4.01. The van der Waals surface area contributed by atoms with Gasteiger partial charge >= 0.3 is 0 Å². The van der Waals surface area contributed by atoms with Crippen LogP contribution in [0.5, 0.6) is 0 Å². The van der Waals surface area contributed by atoms with Crippen LogP contribution >= 0.6 is 11.6 Å². The quantitative estimate of drug-likeness (QED) is 0.409. The molecule has 0 fully saturated rings. The van der Waals surface area contributed by atoms with Crippen LogP contribution in [-0.4, -0.2) is 29.5 Å². The molecular weight excluding hydrogens is 414 g/mol. The summed E-state index contributed by atoms with van der Waals surface area (Å²) in [6, 6.07) is 13.9. The summed E-state index contributed by atoms with van der Waals surface area (Å²) in [5.74, 6) is 0.972. The van der Waals surface area contributed by atoms with Gasteiger partial charge in [-0.25, -0.2) is 19.9 Å². The zero-order valence-electron chi connectivity index (χ0n) is 16.2. The Balaban J connectivity index is 1.75. The molecule has 0 amide bonds. The number of para-hydroxylation sites is 1. The van der Waals surface area contributed by atoms with Gasteiger partial charge in [-0.05, 0) is 24.3 Å². The van der Waals surface area contributed by atoms with Crippen molar-refractivity contribution < 1.29 is 0 Å². The number of halogens is 1. The van der Waals surface area contributed by atoms with E-state index in [2.05, 4.69) is 31.8 Å². The maximum absolute atomic E-state index is 13.5. The van der Waals surface area contributed by atoms with Gasteiger partial charge in [0.15, 0.2) is 11.5 Å². The molecule has 1 unspecified atom stereocenters. The summed E-state index contributed by atoms with van der Waals surface area (Å²) in [6.45, 7) is 3.95. The van der Waals surface area contributed by atoms with Crippen molar-refractivity contribution in [2.45, 2.75) is 6.04 Å². The maximum atomic E-state index is 13.5. The van der Waals surface area contributed by atoms with E-state index in [1.807, 2.05) is 30.3 Å². The molecule has 31 heavy (non-hydrogen) atoms. The van der Waals surface area contributed by atoms with Crippen LogP contribution < -0.4 is 10.9 Å². The Morgan fingerprint density at radius 3 is 2.74 bits per heavy atom. The van der Waals surface area contributed by atoms with Gasteiger partial charge in [0.05, 0.1) is 27.9 Å². The first-order valence-electron chi connectivity index (χ1n) is 9.47. The number of hydrogen-bond acceptors (Lipinski definition) is 6. The molecule has 0 aliphatic rings. The molecule has 8 nitrogen and oxygen atoms in total. The Kier molecular flexibility index (Phi) is 4.68. The van der Waals surface area contributed by atoms with E-state index in [1.165, 1.54) is 6.33 Å². The molecule has 0 aliphatic heterocycles. The Morgan fingerprint density at radius 1 is 1.10 bits per heavy atom. The molecule has 0 bridgehead atoms. The van der Waals surface area contributed by atoms with E-state index in [4.69, 9.17) is 16.6 Å². The molecule has 0 saturated heterocycles. The second-order valence-corrected chi connectivity index (χ2v) is 7.17. The molecular formula is C22H16ClN7O. The first-order chi connectivity index (χ1) is 15.2. The summed E-state index contributed by atoms with van der Waals surface area (Å²) in [4.78, 5) is 34.0. The van der Waals surface area contributed by atoms with Crippen molar-refractivity contribution in [3.8, 4) is 5.69 Å². The van der Waals surface area contributed by atoms with Gasteiger partial charge in [-0.15, -0.1) is 6.58 Å². The highest BCUT2D eigenvalue weighted by molar-refractivity contribution is 6.35. The van der Waals surface area contributed by atoms with Crippen molar-refractivity contribution in [1.82, 2.24) is 29.5 Å². The first kappa shape index (κ1) is 19.0. The molecule has 1 atom stereocenters. The number of H-pyrrole nitrogens is 1. The molecule has 0 spiro atoms. The zero-order valence-corrected chi connectivity index (χ0v) is 16.9. The van der Waals surface area contributed by atoms with Crippen molar-refractivity contribution in [2.24, 2.45) is 0 Å². The van der Waals surface area contributed by atoms with Gasteiger partial charge in [-0.2, -0.15) is 0 Å². The number of benzene rings is 2. The highest BCUT2D eigenvalue weighted by Crippen LogP contribution is 2.26. The average molecular weight is 430 g/mol. The summed E-state index contributed by atoms with van der Waals surface area (Å²) in [5.41, 5.74) is 2.08. The molecule has 3 heterocycles. The number of hydrogen-bond donors (Lipinski definition) is 2. The second-order valence-electron chi connectivity index (χ2n) is 6.76. The summed E-state index contributed by atoms with van der Waals surface area (Å²) >= 11 is 6.35. The van der Waals surface area contributed by atoms with Crippen LogP contribution in [0, 0.1) is 0 Å². The second kappa shape index (κ2) is 7.66. The lowest BCUT2D eigenvalue weighted by atomic mass is 10.2. The molecule has 0 saturated carbocycles. The molecule has 2 aromatic carbocycles. The maximum Gasteiger partial charge on any atom is 0.267 e. The smallest absolute Gasteiger partial charge is 0.267 e. The number of anilines is 1. The van der Waals surface area contributed by atoms with Crippen molar-refractivity contribution >= 4 is 39.5 Å². The zero-order chi connectivity index (χ0) is 21.4. The van der Waals surface area contributed by atoms with E-state index >= 15 is 0 Å². The summed E-state index contributed by atoms with van der Waals surface area (Å²) in [6.07, 6.45) is 4.63. The molecule has 152 valence electrons. The Labute approximate surface area is 181 Å². The number of rotatable bonds is 5. The number of imidazole rings is 1. The van der Waals surface area contributed by atoms with Crippen molar-refractivity contribution in [3.05, 3.63) is 95.0 Å². The largest absolute Gasteiger partial charge is 0.355 e. The van der Waals surface area contributed by atoms with E-state index in [1.54, 1.807) is 35.2 Å². The predicted molar refractivity (Wildman–Crippen MR) is 121 cm³/mol. The van der Waals surface area contributed by atoms with Crippen LogP contribution in [-0.2, 0) is 0 Å². The molecule has 0 aliphatic carbocycles.